The Morgan fingerprint density at radius 3 is 2.73 bits per heavy atom. The highest BCUT2D eigenvalue weighted by atomic mass is 19.4. The standard InChI is InChI=1S/C14H13F3N4O/c15-14(16,17)9-3-1-2-4-10(9)18-13(22)8-5-6-11-12(7-8)20-21-19-11/h1-4,8H,5-7H2,(H,18,22)(H,19,20,21). The van der Waals surface area contributed by atoms with Gasteiger partial charge in [-0.25, -0.2) is 0 Å². The van der Waals surface area contributed by atoms with Crippen LogP contribution in [0.5, 0.6) is 0 Å². The number of aromatic nitrogens is 3. The van der Waals surface area contributed by atoms with Crippen molar-refractivity contribution >= 4 is 11.6 Å². The fraction of sp³-hybridized carbons (Fsp3) is 0.357. The van der Waals surface area contributed by atoms with Gasteiger partial charge in [0.15, 0.2) is 0 Å². The Balaban J connectivity index is 1.76. The van der Waals surface area contributed by atoms with E-state index in [1.807, 2.05) is 0 Å². The van der Waals surface area contributed by atoms with Crippen LogP contribution in [0.15, 0.2) is 24.3 Å². The number of anilines is 1. The average Bonchev–Trinajstić information content (AvgIpc) is 2.94. The van der Waals surface area contributed by atoms with Crippen molar-refractivity contribution in [2.45, 2.75) is 25.4 Å². The third kappa shape index (κ3) is 2.81. The minimum absolute atomic E-state index is 0.217. The Hall–Kier alpha value is -2.38. The summed E-state index contributed by atoms with van der Waals surface area (Å²) >= 11 is 0. The molecule has 22 heavy (non-hydrogen) atoms. The number of hydrogen-bond donors (Lipinski definition) is 2. The van der Waals surface area contributed by atoms with Gasteiger partial charge < -0.3 is 5.32 Å². The summed E-state index contributed by atoms with van der Waals surface area (Å²) in [7, 11) is 0. The van der Waals surface area contributed by atoms with Crippen LogP contribution < -0.4 is 5.32 Å². The third-order valence-electron chi connectivity index (χ3n) is 3.73. The van der Waals surface area contributed by atoms with E-state index >= 15 is 0 Å². The molecule has 1 aromatic heterocycles. The van der Waals surface area contributed by atoms with Gasteiger partial charge in [-0.1, -0.05) is 12.1 Å². The van der Waals surface area contributed by atoms with Crippen molar-refractivity contribution in [3.8, 4) is 0 Å². The summed E-state index contributed by atoms with van der Waals surface area (Å²) in [5.74, 6) is -0.829. The number of aryl methyl sites for hydroxylation is 1. The summed E-state index contributed by atoms with van der Waals surface area (Å²) in [6, 6.07) is 4.96. The average molecular weight is 310 g/mol. The van der Waals surface area contributed by atoms with Gasteiger partial charge in [-0.15, -0.1) is 0 Å². The second-order valence-electron chi connectivity index (χ2n) is 5.19. The Kier molecular flexibility index (Phi) is 3.59. The number of nitrogens with zero attached hydrogens (tertiary/aromatic N) is 2. The zero-order valence-corrected chi connectivity index (χ0v) is 11.4. The number of aromatic amines is 1. The summed E-state index contributed by atoms with van der Waals surface area (Å²) in [4.78, 5) is 12.2. The molecule has 1 atom stereocenters. The Morgan fingerprint density at radius 2 is 1.95 bits per heavy atom. The van der Waals surface area contributed by atoms with Crippen molar-refractivity contribution in [2.75, 3.05) is 5.32 Å². The number of rotatable bonds is 2. The number of nitrogens with one attached hydrogen (secondary N) is 2. The molecular weight excluding hydrogens is 297 g/mol. The molecule has 0 aliphatic heterocycles. The normalized spacial score (nSPS) is 17.9. The van der Waals surface area contributed by atoms with E-state index in [9.17, 15) is 18.0 Å². The first-order valence-corrected chi connectivity index (χ1v) is 6.81. The van der Waals surface area contributed by atoms with Crippen molar-refractivity contribution < 1.29 is 18.0 Å². The molecular formula is C14H13F3N4O. The first-order chi connectivity index (χ1) is 10.4. The molecule has 0 fully saturated rings. The lowest BCUT2D eigenvalue weighted by molar-refractivity contribution is -0.137. The van der Waals surface area contributed by atoms with Gasteiger partial charge in [-0.2, -0.15) is 28.6 Å². The molecule has 3 rings (SSSR count). The predicted molar refractivity (Wildman–Crippen MR) is 72.0 cm³/mol. The molecule has 1 heterocycles. The van der Waals surface area contributed by atoms with E-state index in [1.54, 1.807) is 0 Å². The molecule has 1 amide bonds. The number of H-pyrrole nitrogens is 1. The van der Waals surface area contributed by atoms with Crippen LogP contribution in [-0.2, 0) is 23.8 Å². The molecule has 0 saturated heterocycles. The molecule has 2 N–H and O–H groups in total. The van der Waals surface area contributed by atoms with E-state index in [-0.39, 0.29) is 5.69 Å². The summed E-state index contributed by atoms with van der Waals surface area (Å²) in [5.41, 5.74) is 0.461. The lowest BCUT2D eigenvalue weighted by atomic mass is 9.89. The summed E-state index contributed by atoms with van der Waals surface area (Å²) in [6.45, 7) is 0. The monoisotopic (exact) mass is 310 g/mol. The summed E-state index contributed by atoms with van der Waals surface area (Å²) < 4.78 is 38.8. The molecule has 0 saturated carbocycles. The fourth-order valence-corrected chi connectivity index (χ4v) is 2.58. The largest absolute Gasteiger partial charge is 0.418 e. The van der Waals surface area contributed by atoms with E-state index in [4.69, 9.17) is 0 Å². The third-order valence-corrected chi connectivity index (χ3v) is 3.73. The number of carbonyl (C=O) groups is 1. The molecule has 0 radical (unpaired) electrons. The molecule has 2 aromatic rings. The van der Waals surface area contributed by atoms with Gasteiger partial charge in [0.05, 0.1) is 22.6 Å². The minimum Gasteiger partial charge on any atom is -0.325 e. The highest BCUT2D eigenvalue weighted by molar-refractivity contribution is 5.93. The van der Waals surface area contributed by atoms with E-state index in [0.29, 0.717) is 25.0 Å². The maximum Gasteiger partial charge on any atom is 0.418 e. The Morgan fingerprint density at radius 1 is 1.23 bits per heavy atom. The minimum atomic E-state index is -4.50. The van der Waals surface area contributed by atoms with Crippen LogP contribution in [-0.4, -0.2) is 21.3 Å². The van der Waals surface area contributed by atoms with Crippen molar-refractivity contribution in [3.05, 3.63) is 41.2 Å². The zero-order valence-electron chi connectivity index (χ0n) is 11.4. The van der Waals surface area contributed by atoms with Crippen molar-refractivity contribution in [1.29, 1.82) is 0 Å². The van der Waals surface area contributed by atoms with E-state index in [1.165, 1.54) is 18.2 Å². The lowest BCUT2D eigenvalue weighted by Gasteiger charge is -2.21. The van der Waals surface area contributed by atoms with Crippen molar-refractivity contribution in [1.82, 2.24) is 15.4 Å². The van der Waals surface area contributed by atoms with Crippen LogP contribution in [0.2, 0.25) is 0 Å². The second kappa shape index (κ2) is 5.43. The number of amides is 1. The highest BCUT2D eigenvalue weighted by Crippen LogP contribution is 2.35. The van der Waals surface area contributed by atoms with Crippen molar-refractivity contribution in [3.63, 3.8) is 0 Å². The van der Waals surface area contributed by atoms with Gasteiger partial charge in [-0.05, 0) is 25.0 Å². The van der Waals surface area contributed by atoms with Crippen LogP contribution in [0.3, 0.4) is 0 Å². The summed E-state index contributed by atoms with van der Waals surface area (Å²) in [6.07, 6.45) is -2.99. The van der Waals surface area contributed by atoms with Crippen LogP contribution in [0, 0.1) is 5.92 Å². The van der Waals surface area contributed by atoms with Gasteiger partial charge in [0.1, 0.15) is 0 Å². The number of fused-ring (bicyclic) bond motifs is 1. The first-order valence-electron chi connectivity index (χ1n) is 6.81. The molecule has 5 nitrogen and oxygen atoms in total. The lowest BCUT2D eigenvalue weighted by Crippen LogP contribution is -2.29. The molecule has 0 bridgehead atoms. The van der Waals surface area contributed by atoms with E-state index in [0.717, 1.165) is 11.8 Å². The number of carbonyl (C=O) groups excluding carboxylic acids is 1. The number of para-hydroxylation sites is 1. The number of alkyl halides is 3. The zero-order chi connectivity index (χ0) is 15.7. The van der Waals surface area contributed by atoms with Gasteiger partial charge >= 0.3 is 6.18 Å². The van der Waals surface area contributed by atoms with Crippen LogP contribution in [0.1, 0.15) is 23.4 Å². The summed E-state index contributed by atoms with van der Waals surface area (Å²) in [5, 5.41) is 12.8. The van der Waals surface area contributed by atoms with Gasteiger partial charge in [0, 0.05) is 12.3 Å². The number of hydrogen-bond acceptors (Lipinski definition) is 3. The van der Waals surface area contributed by atoms with E-state index in [2.05, 4.69) is 20.7 Å². The maximum absolute atomic E-state index is 12.9. The maximum atomic E-state index is 12.9. The molecule has 1 aliphatic rings. The molecule has 1 aromatic carbocycles. The second-order valence-corrected chi connectivity index (χ2v) is 5.19. The number of halogens is 3. The molecule has 0 spiro atoms. The Bertz CT molecular complexity index is 695. The Labute approximate surface area is 123 Å². The molecule has 1 aliphatic carbocycles. The van der Waals surface area contributed by atoms with Gasteiger partial charge in [-0.3, -0.25) is 4.79 Å². The quantitative estimate of drug-likeness (QED) is 0.895. The van der Waals surface area contributed by atoms with Crippen LogP contribution >= 0.6 is 0 Å². The van der Waals surface area contributed by atoms with Gasteiger partial charge in [0.2, 0.25) is 5.91 Å². The van der Waals surface area contributed by atoms with Crippen molar-refractivity contribution in [2.24, 2.45) is 5.92 Å². The molecule has 116 valence electrons. The molecule has 1 unspecified atom stereocenters. The predicted octanol–water partition coefficient (Wildman–Crippen LogP) is 2.57. The van der Waals surface area contributed by atoms with Gasteiger partial charge in [0.25, 0.3) is 0 Å². The highest BCUT2D eigenvalue weighted by Gasteiger charge is 2.34. The first kappa shape index (κ1) is 14.6. The van der Waals surface area contributed by atoms with E-state index < -0.39 is 23.6 Å². The fourth-order valence-electron chi connectivity index (χ4n) is 2.58. The topological polar surface area (TPSA) is 70.7 Å². The number of benzene rings is 1. The van der Waals surface area contributed by atoms with Crippen LogP contribution in [0.4, 0.5) is 18.9 Å². The SMILES string of the molecule is O=C(Nc1ccccc1C(F)(F)F)C1CCc2n[nH]nc2C1. The van der Waals surface area contributed by atoms with Crippen LogP contribution in [0.25, 0.3) is 0 Å². The smallest absolute Gasteiger partial charge is 0.325 e. The molecule has 8 heteroatoms.